The van der Waals surface area contributed by atoms with E-state index in [0.717, 1.165) is 42.3 Å². The van der Waals surface area contributed by atoms with Gasteiger partial charge in [0.05, 0.1) is 0 Å². The molecule has 0 unspecified atom stereocenters. The second-order valence-corrected chi connectivity index (χ2v) is 6.26. The van der Waals surface area contributed by atoms with Crippen LogP contribution in [0.2, 0.25) is 0 Å². The molecule has 2 heterocycles. The van der Waals surface area contributed by atoms with E-state index < -0.39 is 11.8 Å². The number of nitrogens with zero attached hydrogens (tertiary/aromatic N) is 1. The molecule has 4 N–H and O–H groups in total. The molecule has 1 saturated carbocycles. The van der Waals surface area contributed by atoms with E-state index in [2.05, 4.69) is 15.3 Å². The number of primary amides is 1. The molecule has 6 nitrogen and oxygen atoms in total. The molecular formula is C17H22N4O2. The molecule has 1 aliphatic carbocycles. The lowest BCUT2D eigenvalue weighted by atomic mass is 9.79. The quantitative estimate of drug-likeness (QED) is 0.734. The molecule has 23 heavy (non-hydrogen) atoms. The van der Waals surface area contributed by atoms with Crippen molar-refractivity contribution in [2.24, 2.45) is 17.6 Å². The number of hydrogen-bond donors (Lipinski definition) is 3. The summed E-state index contributed by atoms with van der Waals surface area (Å²) >= 11 is 0. The maximum atomic E-state index is 12.4. The Balaban J connectivity index is 1.65. The van der Waals surface area contributed by atoms with Gasteiger partial charge in [0.15, 0.2) is 0 Å². The molecule has 0 spiro atoms. The third-order valence-corrected chi connectivity index (χ3v) is 4.63. The monoisotopic (exact) mass is 314 g/mol. The Hall–Kier alpha value is -2.37. The number of carbonyl (C=O) groups is 2. The molecule has 0 aromatic carbocycles. The van der Waals surface area contributed by atoms with Crippen LogP contribution < -0.4 is 11.1 Å². The number of hydrogen-bond acceptors (Lipinski definition) is 3. The Morgan fingerprint density at radius 2 is 2.13 bits per heavy atom. The standard InChI is InChI=1S/C17H22N4O2/c18-15(22)14(12-4-2-1-3-5-12)17(23)21-10-11-8-13-6-7-19-16(13)20-9-11/h6-9,12,14H,1-5,10H2,(H2,18,22)(H,19,20)(H,21,23)/t14-/m0/s1. The lowest BCUT2D eigenvalue weighted by molar-refractivity contribution is -0.136. The van der Waals surface area contributed by atoms with Crippen molar-refractivity contribution in [2.45, 2.75) is 38.6 Å². The minimum atomic E-state index is -0.723. The van der Waals surface area contributed by atoms with Crippen molar-refractivity contribution in [3.8, 4) is 0 Å². The number of aromatic amines is 1. The van der Waals surface area contributed by atoms with Gasteiger partial charge < -0.3 is 16.0 Å². The number of fused-ring (bicyclic) bond motifs is 1. The third kappa shape index (κ3) is 3.52. The van der Waals surface area contributed by atoms with Gasteiger partial charge in [-0.25, -0.2) is 4.98 Å². The summed E-state index contributed by atoms with van der Waals surface area (Å²) in [5.41, 5.74) is 7.20. The number of rotatable bonds is 5. The Morgan fingerprint density at radius 3 is 2.87 bits per heavy atom. The Kier molecular flexibility index (Phi) is 4.60. The van der Waals surface area contributed by atoms with Crippen LogP contribution in [0.25, 0.3) is 11.0 Å². The summed E-state index contributed by atoms with van der Waals surface area (Å²) in [4.78, 5) is 31.5. The van der Waals surface area contributed by atoms with Gasteiger partial charge in [-0.15, -0.1) is 0 Å². The topological polar surface area (TPSA) is 101 Å². The molecule has 3 rings (SSSR count). The van der Waals surface area contributed by atoms with Gasteiger partial charge in [0.2, 0.25) is 11.8 Å². The Bertz CT molecular complexity index is 703. The highest BCUT2D eigenvalue weighted by Crippen LogP contribution is 2.30. The van der Waals surface area contributed by atoms with E-state index in [0.29, 0.717) is 6.54 Å². The van der Waals surface area contributed by atoms with Crippen molar-refractivity contribution >= 4 is 22.8 Å². The van der Waals surface area contributed by atoms with Crippen LogP contribution in [0, 0.1) is 11.8 Å². The van der Waals surface area contributed by atoms with Crippen LogP contribution in [0.3, 0.4) is 0 Å². The summed E-state index contributed by atoms with van der Waals surface area (Å²) in [5.74, 6) is -1.43. The molecule has 1 atom stereocenters. The van der Waals surface area contributed by atoms with Gasteiger partial charge in [-0.1, -0.05) is 19.3 Å². The maximum absolute atomic E-state index is 12.4. The second-order valence-electron chi connectivity index (χ2n) is 6.26. The van der Waals surface area contributed by atoms with Gasteiger partial charge >= 0.3 is 0 Å². The zero-order valence-corrected chi connectivity index (χ0v) is 13.0. The molecule has 1 fully saturated rings. The Morgan fingerprint density at radius 1 is 1.35 bits per heavy atom. The van der Waals surface area contributed by atoms with E-state index in [9.17, 15) is 9.59 Å². The first-order valence-electron chi connectivity index (χ1n) is 8.14. The predicted octanol–water partition coefficient (Wildman–Crippen LogP) is 1.86. The SMILES string of the molecule is NC(=O)[C@@H](C(=O)NCc1cnc2[nH]ccc2c1)C1CCCCC1. The third-order valence-electron chi connectivity index (χ3n) is 4.63. The molecule has 0 bridgehead atoms. The molecule has 0 aliphatic heterocycles. The van der Waals surface area contributed by atoms with Crippen molar-refractivity contribution in [2.75, 3.05) is 0 Å². The van der Waals surface area contributed by atoms with Crippen LogP contribution >= 0.6 is 0 Å². The lowest BCUT2D eigenvalue weighted by Crippen LogP contribution is -2.43. The summed E-state index contributed by atoms with van der Waals surface area (Å²) in [6, 6.07) is 3.90. The second kappa shape index (κ2) is 6.81. The van der Waals surface area contributed by atoms with E-state index in [1.807, 2.05) is 18.3 Å². The van der Waals surface area contributed by atoms with Crippen LogP contribution in [-0.4, -0.2) is 21.8 Å². The summed E-state index contributed by atoms with van der Waals surface area (Å²) in [7, 11) is 0. The normalized spacial score (nSPS) is 17.0. The lowest BCUT2D eigenvalue weighted by Gasteiger charge is -2.27. The molecule has 0 saturated heterocycles. The van der Waals surface area contributed by atoms with Gasteiger partial charge in [-0.05, 0) is 36.5 Å². The highest BCUT2D eigenvalue weighted by atomic mass is 16.2. The van der Waals surface area contributed by atoms with E-state index >= 15 is 0 Å². The summed E-state index contributed by atoms with van der Waals surface area (Å²) < 4.78 is 0. The zero-order valence-electron chi connectivity index (χ0n) is 13.0. The average Bonchev–Trinajstić information content (AvgIpc) is 3.01. The molecule has 0 radical (unpaired) electrons. The van der Waals surface area contributed by atoms with Crippen molar-refractivity contribution in [1.82, 2.24) is 15.3 Å². The fraction of sp³-hybridized carbons (Fsp3) is 0.471. The predicted molar refractivity (Wildman–Crippen MR) is 87.2 cm³/mol. The number of H-pyrrole nitrogens is 1. The molecule has 2 amide bonds. The number of amides is 2. The van der Waals surface area contributed by atoms with Crippen LogP contribution in [0.5, 0.6) is 0 Å². The van der Waals surface area contributed by atoms with Gasteiger partial charge in [0.1, 0.15) is 11.6 Å². The zero-order chi connectivity index (χ0) is 16.2. The van der Waals surface area contributed by atoms with Gasteiger partial charge in [-0.3, -0.25) is 9.59 Å². The summed E-state index contributed by atoms with van der Waals surface area (Å²) in [5, 5.41) is 3.84. The average molecular weight is 314 g/mol. The van der Waals surface area contributed by atoms with Crippen LogP contribution in [0.1, 0.15) is 37.7 Å². The summed E-state index contributed by atoms with van der Waals surface area (Å²) in [6.45, 7) is 0.351. The van der Waals surface area contributed by atoms with Crippen molar-refractivity contribution in [3.05, 3.63) is 30.1 Å². The van der Waals surface area contributed by atoms with E-state index in [4.69, 9.17) is 5.73 Å². The van der Waals surface area contributed by atoms with Crippen molar-refractivity contribution in [3.63, 3.8) is 0 Å². The molecule has 2 aromatic rings. The van der Waals surface area contributed by atoms with E-state index in [1.165, 1.54) is 6.42 Å². The smallest absolute Gasteiger partial charge is 0.233 e. The first-order chi connectivity index (χ1) is 11.1. The van der Waals surface area contributed by atoms with Crippen LogP contribution in [0.15, 0.2) is 24.5 Å². The van der Waals surface area contributed by atoms with E-state index in [-0.39, 0.29) is 11.8 Å². The molecule has 1 aliphatic rings. The number of aromatic nitrogens is 2. The number of carbonyl (C=O) groups excluding carboxylic acids is 2. The van der Waals surface area contributed by atoms with Crippen LogP contribution in [0.4, 0.5) is 0 Å². The fourth-order valence-corrected chi connectivity index (χ4v) is 3.42. The van der Waals surface area contributed by atoms with Crippen molar-refractivity contribution in [1.29, 1.82) is 0 Å². The molecule has 6 heteroatoms. The van der Waals surface area contributed by atoms with Crippen molar-refractivity contribution < 1.29 is 9.59 Å². The summed E-state index contributed by atoms with van der Waals surface area (Å²) in [6.07, 6.45) is 8.65. The molecular weight excluding hydrogens is 292 g/mol. The minimum Gasteiger partial charge on any atom is -0.369 e. The number of nitrogens with two attached hydrogens (primary N) is 1. The Labute approximate surface area is 134 Å². The number of pyridine rings is 1. The van der Waals surface area contributed by atoms with Gasteiger partial charge in [0, 0.05) is 24.3 Å². The first kappa shape index (κ1) is 15.5. The van der Waals surface area contributed by atoms with Crippen LogP contribution in [-0.2, 0) is 16.1 Å². The van der Waals surface area contributed by atoms with Gasteiger partial charge in [0.25, 0.3) is 0 Å². The number of nitrogens with one attached hydrogen (secondary N) is 2. The van der Waals surface area contributed by atoms with Gasteiger partial charge in [-0.2, -0.15) is 0 Å². The molecule has 122 valence electrons. The fourth-order valence-electron chi connectivity index (χ4n) is 3.42. The first-order valence-corrected chi connectivity index (χ1v) is 8.14. The largest absolute Gasteiger partial charge is 0.369 e. The highest BCUT2D eigenvalue weighted by molar-refractivity contribution is 5.99. The minimum absolute atomic E-state index is 0.0755. The van der Waals surface area contributed by atoms with E-state index in [1.54, 1.807) is 6.20 Å². The molecule has 2 aromatic heterocycles. The highest BCUT2D eigenvalue weighted by Gasteiger charge is 2.33. The maximum Gasteiger partial charge on any atom is 0.233 e.